The summed E-state index contributed by atoms with van der Waals surface area (Å²) in [5, 5.41) is 3.80. The maximum absolute atomic E-state index is 13.2. The van der Waals surface area contributed by atoms with E-state index in [1.54, 1.807) is 25.6 Å². The smallest absolute Gasteiger partial charge is 0.408 e. The summed E-state index contributed by atoms with van der Waals surface area (Å²) < 4.78 is 18.7. The molecule has 39 heavy (non-hydrogen) atoms. The number of alkyl carbamates (subject to hydrolysis) is 1. The van der Waals surface area contributed by atoms with E-state index in [-0.39, 0.29) is 6.04 Å². The van der Waals surface area contributed by atoms with Gasteiger partial charge in [0.05, 0.1) is 41.9 Å². The van der Waals surface area contributed by atoms with Gasteiger partial charge in [0.1, 0.15) is 28.1 Å². The monoisotopic (exact) mass is 535 g/mol. The normalized spacial score (nSPS) is 12.9. The molecule has 0 saturated carbocycles. The van der Waals surface area contributed by atoms with Gasteiger partial charge in [-0.1, -0.05) is 13.3 Å². The summed E-state index contributed by atoms with van der Waals surface area (Å²) in [4.78, 5) is 38.0. The molecular weight excluding hydrogens is 498 g/mol. The average Bonchev–Trinajstić information content (AvgIpc) is 3.45. The topological polar surface area (TPSA) is 120 Å². The van der Waals surface area contributed by atoms with E-state index in [1.807, 2.05) is 71.4 Å². The second-order valence-corrected chi connectivity index (χ2v) is 11.1. The zero-order chi connectivity index (χ0) is 28.5. The van der Waals surface area contributed by atoms with Gasteiger partial charge >= 0.3 is 12.1 Å². The standard InChI is InChI=1S/C29H37N5O5/c1-9-10-19(32-27(36)39-28(2,3)4)20-12-11-17-15-23(33-25(17)31-20)29(5,6)38-26(35)18-13-21-24(22(14-18)37-8)34(7)16-30-21/h11-16,19H,9-10H2,1-8H3,(H,31,33)(H,32,36)/t19-/m1/s1. The number of hydrogen-bond donors (Lipinski definition) is 2. The Morgan fingerprint density at radius 2 is 1.85 bits per heavy atom. The van der Waals surface area contributed by atoms with Crippen LogP contribution in [0, 0.1) is 0 Å². The van der Waals surface area contributed by atoms with Crippen LogP contribution in [0.3, 0.4) is 0 Å². The molecule has 4 rings (SSSR count). The zero-order valence-corrected chi connectivity index (χ0v) is 23.8. The van der Waals surface area contributed by atoms with Gasteiger partial charge in [0.15, 0.2) is 0 Å². The first-order valence-corrected chi connectivity index (χ1v) is 13.0. The summed E-state index contributed by atoms with van der Waals surface area (Å²) in [5.41, 5.74) is 2.25. The highest BCUT2D eigenvalue weighted by molar-refractivity contribution is 5.96. The fraction of sp³-hybridized carbons (Fsp3) is 0.448. The molecule has 0 aliphatic rings. The second kappa shape index (κ2) is 10.6. The molecule has 2 N–H and O–H groups in total. The Kier molecular flexibility index (Phi) is 7.59. The van der Waals surface area contributed by atoms with Crippen LogP contribution < -0.4 is 10.1 Å². The molecule has 0 saturated heterocycles. The summed E-state index contributed by atoms with van der Waals surface area (Å²) in [6, 6.07) is 8.80. The van der Waals surface area contributed by atoms with Crippen molar-refractivity contribution in [2.75, 3.05) is 7.11 Å². The lowest BCUT2D eigenvalue weighted by Crippen LogP contribution is -2.35. The van der Waals surface area contributed by atoms with Crippen LogP contribution >= 0.6 is 0 Å². The van der Waals surface area contributed by atoms with Gasteiger partial charge in [0.25, 0.3) is 0 Å². The maximum atomic E-state index is 13.2. The first-order chi connectivity index (χ1) is 18.3. The van der Waals surface area contributed by atoms with E-state index in [0.29, 0.717) is 40.3 Å². The molecule has 0 unspecified atom stereocenters. The minimum atomic E-state index is -0.984. The summed E-state index contributed by atoms with van der Waals surface area (Å²) in [6.07, 6.45) is 2.75. The van der Waals surface area contributed by atoms with Crippen LogP contribution in [0.1, 0.15) is 82.2 Å². The van der Waals surface area contributed by atoms with Crippen molar-refractivity contribution in [1.82, 2.24) is 24.8 Å². The highest BCUT2D eigenvalue weighted by Crippen LogP contribution is 2.31. The molecule has 0 spiro atoms. The van der Waals surface area contributed by atoms with Gasteiger partial charge < -0.3 is 29.1 Å². The van der Waals surface area contributed by atoms with Crippen molar-refractivity contribution in [3.05, 3.63) is 53.6 Å². The van der Waals surface area contributed by atoms with Crippen LogP contribution in [0.4, 0.5) is 4.79 Å². The number of amides is 1. The molecule has 3 aromatic heterocycles. The number of pyridine rings is 1. The molecule has 0 aliphatic carbocycles. The summed E-state index contributed by atoms with van der Waals surface area (Å²) in [7, 11) is 3.42. The lowest BCUT2D eigenvalue weighted by molar-refractivity contribution is -0.00473. The van der Waals surface area contributed by atoms with E-state index in [9.17, 15) is 9.59 Å². The molecule has 208 valence electrons. The Balaban J connectivity index is 1.57. The first-order valence-electron chi connectivity index (χ1n) is 13.0. The molecule has 10 heteroatoms. The molecule has 1 atom stereocenters. The third kappa shape index (κ3) is 6.16. The fourth-order valence-electron chi connectivity index (χ4n) is 4.44. The summed E-state index contributed by atoms with van der Waals surface area (Å²) in [6.45, 7) is 11.2. The average molecular weight is 536 g/mol. The molecule has 1 amide bonds. The van der Waals surface area contributed by atoms with Crippen molar-refractivity contribution < 1.29 is 23.8 Å². The van der Waals surface area contributed by atoms with Crippen LogP contribution in [-0.2, 0) is 22.1 Å². The van der Waals surface area contributed by atoms with Crippen molar-refractivity contribution in [2.45, 2.75) is 71.6 Å². The number of ether oxygens (including phenoxy) is 3. The number of esters is 1. The Morgan fingerprint density at radius 1 is 1.10 bits per heavy atom. The van der Waals surface area contributed by atoms with Gasteiger partial charge in [-0.15, -0.1) is 0 Å². The number of aromatic amines is 1. The fourth-order valence-corrected chi connectivity index (χ4v) is 4.44. The van der Waals surface area contributed by atoms with Crippen LogP contribution in [0.15, 0.2) is 36.7 Å². The third-order valence-corrected chi connectivity index (χ3v) is 6.36. The van der Waals surface area contributed by atoms with Gasteiger partial charge in [0.2, 0.25) is 0 Å². The number of H-pyrrole nitrogens is 1. The molecule has 0 radical (unpaired) electrons. The highest BCUT2D eigenvalue weighted by atomic mass is 16.6. The number of fused-ring (bicyclic) bond motifs is 2. The number of aromatic nitrogens is 4. The van der Waals surface area contributed by atoms with Gasteiger partial charge in [-0.05, 0) is 71.4 Å². The summed E-state index contributed by atoms with van der Waals surface area (Å²) in [5.74, 6) is 0.0453. The molecule has 0 fully saturated rings. The molecule has 0 bridgehead atoms. The SMILES string of the molecule is CCC[C@@H](NC(=O)OC(C)(C)C)c1ccc2cc(C(C)(C)OC(=O)c3cc(OC)c4c(c3)ncn4C)[nH]c2n1. The Bertz CT molecular complexity index is 1510. The minimum Gasteiger partial charge on any atom is -0.494 e. The minimum absolute atomic E-state index is 0.302. The molecule has 3 heterocycles. The number of methoxy groups -OCH3 is 1. The van der Waals surface area contributed by atoms with Gasteiger partial charge in [0, 0.05) is 12.4 Å². The predicted octanol–water partition coefficient (Wildman–Crippen LogP) is 5.92. The number of rotatable bonds is 8. The number of nitrogens with zero attached hydrogens (tertiary/aromatic N) is 3. The largest absolute Gasteiger partial charge is 0.494 e. The lowest BCUT2D eigenvalue weighted by Gasteiger charge is -2.24. The van der Waals surface area contributed by atoms with E-state index in [4.69, 9.17) is 19.2 Å². The number of benzene rings is 1. The number of imidazole rings is 1. The van der Waals surface area contributed by atoms with Gasteiger partial charge in [-0.25, -0.2) is 19.6 Å². The number of aryl methyl sites for hydroxylation is 1. The lowest BCUT2D eigenvalue weighted by atomic mass is 10.0. The van der Waals surface area contributed by atoms with E-state index in [2.05, 4.69) is 15.3 Å². The zero-order valence-electron chi connectivity index (χ0n) is 23.8. The quantitative estimate of drug-likeness (QED) is 0.269. The number of carbonyl (C=O) groups is 2. The van der Waals surface area contributed by atoms with E-state index < -0.39 is 23.3 Å². The first kappa shape index (κ1) is 27.9. The molecular formula is C29H37N5O5. The predicted molar refractivity (Wildman–Crippen MR) is 149 cm³/mol. The van der Waals surface area contributed by atoms with E-state index >= 15 is 0 Å². The molecule has 10 nitrogen and oxygen atoms in total. The second-order valence-electron chi connectivity index (χ2n) is 11.1. The highest BCUT2D eigenvalue weighted by Gasteiger charge is 2.29. The molecule has 0 aliphatic heterocycles. The van der Waals surface area contributed by atoms with Crippen molar-refractivity contribution in [3.63, 3.8) is 0 Å². The van der Waals surface area contributed by atoms with Crippen LogP contribution in [0.5, 0.6) is 5.75 Å². The number of carbonyl (C=O) groups excluding carboxylic acids is 2. The number of nitrogens with one attached hydrogen (secondary N) is 2. The van der Waals surface area contributed by atoms with Crippen LogP contribution in [0.25, 0.3) is 22.1 Å². The molecule has 4 aromatic rings. The molecule has 1 aromatic carbocycles. The summed E-state index contributed by atoms with van der Waals surface area (Å²) >= 11 is 0. The van der Waals surface area contributed by atoms with Crippen molar-refractivity contribution >= 4 is 34.1 Å². The van der Waals surface area contributed by atoms with Gasteiger partial charge in [-0.3, -0.25) is 0 Å². The van der Waals surface area contributed by atoms with Crippen LogP contribution in [-0.4, -0.2) is 44.3 Å². The van der Waals surface area contributed by atoms with E-state index in [0.717, 1.165) is 17.3 Å². The van der Waals surface area contributed by atoms with Crippen molar-refractivity contribution in [3.8, 4) is 5.75 Å². The van der Waals surface area contributed by atoms with Crippen molar-refractivity contribution in [2.24, 2.45) is 7.05 Å². The number of hydrogen-bond acceptors (Lipinski definition) is 7. The third-order valence-electron chi connectivity index (χ3n) is 6.36. The van der Waals surface area contributed by atoms with Crippen molar-refractivity contribution in [1.29, 1.82) is 0 Å². The van der Waals surface area contributed by atoms with Gasteiger partial charge in [-0.2, -0.15) is 0 Å². The maximum Gasteiger partial charge on any atom is 0.408 e. The van der Waals surface area contributed by atoms with E-state index in [1.165, 1.54) is 0 Å². The Morgan fingerprint density at radius 3 is 2.51 bits per heavy atom. The Hall–Kier alpha value is -4.08. The Labute approximate surface area is 228 Å². The van der Waals surface area contributed by atoms with Crippen LogP contribution in [0.2, 0.25) is 0 Å².